The van der Waals surface area contributed by atoms with Crippen molar-refractivity contribution in [2.24, 2.45) is 0 Å². The zero-order valence-electron chi connectivity index (χ0n) is 17.5. The highest BCUT2D eigenvalue weighted by molar-refractivity contribution is 7.12. The molecule has 1 aliphatic heterocycles. The van der Waals surface area contributed by atoms with Crippen LogP contribution in [0.2, 0.25) is 0 Å². The van der Waals surface area contributed by atoms with E-state index in [2.05, 4.69) is 67.2 Å². The quantitative estimate of drug-likeness (QED) is 0.804. The molecule has 1 aromatic heterocycles. The van der Waals surface area contributed by atoms with Gasteiger partial charge in [0.1, 0.15) is 0 Å². The van der Waals surface area contributed by atoms with E-state index < -0.39 is 0 Å². The molecule has 1 aliphatic rings. The van der Waals surface area contributed by atoms with Crippen molar-refractivity contribution in [2.45, 2.75) is 59.3 Å². The van der Waals surface area contributed by atoms with E-state index in [9.17, 15) is 4.79 Å². The minimum Gasteiger partial charge on any atom is -0.373 e. The monoisotopic (exact) mass is 401 g/mol. The first-order valence-electron chi connectivity index (χ1n) is 10.0. The van der Waals surface area contributed by atoms with Crippen LogP contribution in [0.25, 0.3) is 11.3 Å². The molecule has 0 aliphatic carbocycles. The van der Waals surface area contributed by atoms with Crippen molar-refractivity contribution < 1.29 is 9.53 Å². The van der Waals surface area contributed by atoms with Gasteiger partial charge in [0.2, 0.25) is 5.91 Å². The number of hydrogen-bond acceptors (Lipinski definition) is 5. The third-order valence-electron chi connectivity index (χ3n) is 5.12. The van der Waals surface area contributed by atoms with Crippen LogP contribution in [0.1, 0.15) is 36.2 Å². The lowest BCUT2D eigenvalue weighted by Gasteiger charge is -2.39. The van der Waals surface area contributed by atoms with Crippen LogP contribution >= 0.6 is 11.3 Å². The SMILES string of the molecule is Cc1ccc(-c2nc(C)sc2CC(=O)NC[C@H](C)N2C[C@@H](C)O[C@@H](C)C2)cc1. The number of nitrogens with zero attached hydrogens (tertiary/aromatic N) is 2. The van der Waals surface area contributed by atoms with Gasteiger partial charge in [-0.15, -0.1) is 11.3 Å². The molecule has 0 saturated carbocycles. The Balaban J connectivity index is 1.59. The molecule has 5 nitrogen and oxygen atoms in total. The molecule has 3 atom stereocenters. The molecule has 1 aromatic carbocycles. The van der Waals surface area contributed by atoms with Crippen molar-refractivity contribution >= 4 is 17.2 Å². The van der Waals surface area contributed by atoms with Gasteiger partial charge in [0.15, 0.2) is 0 Å². The molecule has 0 spiro atoms. The Morgan fingerprint density at radius 3 is 2.54 bits per heavy atom. The van der Waals surface area contributed by atoms with Crippen molar-refractivity contribution in [3.63, 3.8) is 0 Å². The number of aromatic nitrogens is 1. The number of thiazole rings is 1. The van der Waals surface area contributed by atoms with Crippen molar-refractivity contribution in [2.75, 3.05) is 19.6 Å². The van der Waals surface area contributed by atoms with Crippen LogP contribution < -0.4 is 5.32 Å². The molecule has 0 bridgehead atoms. The first kappa shape index (κ1) is 21.0. The molecule has 1 N–H and O–H groups in total. The predicted molar refractivity (Wildman–Crippen MR) is 115 cm³/mol. The lowest BCUT2D eigenvalue weighted by atomic mass is 10.1. The molecular weight excluding hydrogens is 370 g/mol. The number of morpholine rings is 1. The van der Waals surface area contributed by atoms with Gasteiger partial charge in [0, 0.05) is 36.1 Å². The molecule has 28 heavy (non-hydrogen) atoms. The van der Waals surface area contributed by atoms with Crippen LogP contribution in [0.5, 0.6) is 0 Å². The molecule has 0 radical (unpaired) electrons. The standard InChI is InChI=1S/C22H31N3O2S/c1-14-6-8-19(9-7-14)22-20(28-18(5)24-22)10-21(26)23-11-15(2)25-12-16(3)27-17(4)13-25/h6-9,15-17H,10-13H2,1-5H3,(H,23,26)/t15-,16-,17+/m0/s1. The van der Waals surface area contributed by atoms with Gasteiger partial charge in [-0.25, -0.2) is 4.98 Å². The number of ether oxygens (including phenoxy) is 1. The van der Waals surface area contributed by atoms with E-state index in [1.165, 1.54) is 5.56 Å². The molecule has 6 heteroatoms. The molecule has 152 valence electrons. The fraction of sp³-hybridized carbons (Fsp3) is 0.545. The summed E-state index contributed by atoms with van der Waals surface area (Å²) < 4.78 is 5.80. The summed E-state index contributed by atoms with van der Waals surface area (Å²) in [6.45, 7) is 12.9. The average molecular weight is 402 g/mol. The van der Waals surface area contributed by atoms with Gasteiger partial charge < -0.3 is 10.1 Å². The first-order valence-corrected chi connectivity index (χ1v) is 10.8. The normalized spacial score (nSPS) is 21.5. The highest BCUT2D eigenvalue weighted by Gasteiger charge is 2.26. The summed E-state index contributed by atoms with van der Waals surface area (Å²) in [6.07, 6.45) is 0.843. The van der Waals surface area contributed by atoms with E-state index >= 15 is 0 Å². The molecule has 2 heterocycles. The Kier molecular flexibility index (Phi) is 6.86. The van der Waals surface area contributed by atoms with Crippen LogP contribution in [0, 0.1) is 13.8 Å². The summed E-state index contributed by atoms with van der Waals surface area (Å²) >= 11 is 1.61. The number of amides is 1. The zero-order valence-corrected chi connectivity index (χ0v) is 18.3. The van der Waals surface area contributed by atoms with Crippen LogP contribution in [0.4, 0.5) is 0 Å². The third-order valence-corrected chi connectivity index (χ3v) is 6.09. The largest absolute Gasteiger partial charge is 0.373 e. The number of aryl methyl sites for hydroxylation is 2. The minimum atomic E-state index is 0.0539. The van der Waals surface area contributed by atoms with E-state index in [-0.39, 0.29) is 24.2 Å². The number of benzene rings is 1. The average Bonchev–Trinajstić information content (AvgIpc) is 2.99. The highest BCUT2D eigenvalue weighted by Crippen LogP contribution is 2.28. The Bertz CT molecular complexity index is 793. The maximum atomic E-state index is 12.6. The van der Waals surface area contributed by atoms with Crippen LogP contribution in [-0.4, -0.2) is 53.7 Å². The molecule has 0 unspecified atom stereocenters. The van der Waals surface area contributed by atoms with E-state index in [1.807, 2.05) is 6.92 Å². The summed E-state index contributed by atoms with van der Waals surface area (Å²) in [4.78, 5) is 20.7. The summed E-state index contributed by atoms with van der Waals surface area (Å²) in [5, 5.41) is 4.10. The van der Waals surface area contributed by atoms with Crippen molar-refractivity contribution in [3.8, 4) is 11.3 Å². The van der Waals surface area contributed by atoms with Crippen LogP contribution in [0.3, 0.4) is 0 Å². The molecule has 2 aromatic rings. The Labute approximate surface area is 172 Å². The summed E-state index contributed by atoms with van der Waals surface area (Å²) in [6, 6.07) is 8.61. The van der Waals surface area contributed by atoms with Gasteiger partial charge in [0.05, 0.1) is 29.3 Å². The lowest BCUT2D eigenvalue weighted by molar-refractivity contribution is -0.121. The van der Waals surface area contributed by atoms with Gasteiger partial charge in [-0.3, -0.25) is 9.69 Å². The number of carbonyl (C=O) groups excluding carboxylic acids is 1. The molecular formula is C22H31N3O2S. The fourth-order valence-electron chi connectivity index (χ4n) is 3.70. The summed E-state index contributed by atoms with van der Waals surface area (Å²) in [5.74, 6) is 0.0539. The Morgan fingerprint density at radius 2 is 1.89 bits per heavy atom. The molecule has 1 fully saturated rings. The van der Waals surface area contributed by atoms with Crippen LogP contribution in [-0.2, 0) is 16.0 Å². The Morgan fingerprint density at radius 1 is 1.25 bits per heavy atom. The topological polar surface area (TPSA) is 54.5 Å². The van der Waals surface area contributed by atoms with E-state index in [0.717, 1.165) is 34.2 Å². The smallest absolute Gasteiger partial charge is 0.225 e. The first-order chi connectivity index (χ1) is 13.3. The van der Waals surface area contributed by atoms with E-state index in [0.29, 0.717) is 13.0 Å². The lowest BCUT2D eigenvalue weighted by Crippen LogP contribution is -2.52. The number of rotatable bonds is 6. The van der Waals surface area contributed by atoms with Crippen molar-refractivity contribution in [1.29, 1.82) is 0 Å². The molecule has 1 amide bonds. The maximum absolute atomic E-state index is 12.6. The number of nitrogens with one attached hydrogen (secondary N) is 1. The van der Waals surface area contributed by atoms with Crippen molar-refractivity contribution in [1.82, 2.24) is 15.2 Å². The maximum Gasteiger partial charge on any atom is 0.225 e. The Hall–Kier alpha value is -1.76. The second kappa shape index (κ2) is 9.16. The van der Waals surface area contributed by atoms with Gasteiger partial charge in [0.25, 0.3) is 0 Å². The van der Waals surface area contributed by atoms with Crippen LogP contribution in [0.15, 0.2) is 24.3 Å². The minimum absolute atomic E-state index is 0.0539. The highest BCUT2D eigenvalue weighted by atomic mass is 32.1. The van der Waals surface area contributed by atoms with Gasteiger partial charge in [-0.2, -0.15) is 0 Å². The van der Waals surface area contributed by atoms with Gasteiger partial charge in [-0.05, 0) is 34.6 Å². The van der Waals surface area contributed by atoms with E-state index in [4.69, 9.17) is 4.74 Å². The number of hydrogen-bond donors (Lipinski definition) is 1. The third kappa shape index (κ3) is 5.40. The fourth-order valence-corrected chi connectivity index (χ4v) is 4.66. The summed E-state index contributed by atoms with van der Waals surface area (Å²) in [5.41, 5.74) is 3.22. The number of carbonyl (C=O) groups is 1. The molecule has 1 saturated heterocycles. The summed E-state index contributed by atoms with van der Waals surface area (Å²) in [7, 11) is 0. The second-order valence-electron chi connectivity index (χ2n) is 7.91. The zero-order chi connectivity index (χ0) is 20.3. The second-order valence-corrected chi connectivity index (χ2v) is 9.20. The van der Waals surface area contributed by atoms with Crippen molar-refractivity contribution in [3.05, 3.63) is 39.7 Å². The molecule has 3 rings (SSSR count). The predicted octanol–water partition coefficient (Wildman–Crippen LogP) is 3.58. The van der Waals surface area contributed by atoms with Gasteiger partial charge in [-0.1, -0.05) is 29.8 Å². The van der Waals surface area contributed by atoms with E-state index in [1.54, 1.807) is 11.3 Å². The van der Waals surface area contributed by atoms with Gasteiger partial charge >= 0.3 is 0 Å².